The molecule has 0 aliphatic carbocycles. The number of hydrogen-bond acceptors (Lipinski definition) is 4. The highest BCUT2D eigenvalue weighted by Gasteiger charge is 2.36. The van der Waals surface area contributed by atoms with Crippen LogP contribution in [0.1, 0.15) is 37.8 Å². The minimum Gasteiger partial charge on any atom is -0.390 e. The first-order valence-corrected chi connectivity index (χ1v) is 8.82. The second kappa shape index (κ2) is 6.47. The van der Waals surface area contributed by atoms with E-state index in [0.29, 0.717) is 13.1 Å². The average molecular weight is 331 g/mol. The van der Waals surface area contributed by atoms with Crippen LogP contribution in [-0.2, 0) is 6.54 Å². The molecule has 132 valence electrons. The van der Waals surface area contributed by atoms with Crippen molar-refractivity contribution in [3.63, 3.8) is 0 Å². The van der Waals surface area contributed by atoms with E-state index in [1.807, 2.05) is 24.7 Å². The summed E-state index contributed by atoms with van der Waals surface area (Å²) in [6.07, 6.45) is 3.40. The fourth-order valence-electron chi connectivity index (χ4n) is 3.86. The van der Waals surface area contributed by atoms with Gasteiger partial charge < -0.3 is 14.8 Å². The number of fused-ring (bicyclic) bond motifs is 1. The summed E-state index contributed by atoms with van der Waals surface area (Å²) in [6.45, 7) is 9.95. The Hall–Kier alpha value is -1.43. The Kier molecular flexibility index (Phi) is 4.69. The zero-order valence-electron chi connectivity index (χ0n) is 15.2. The first kappa shape index (κ1) is 17.4. The molecule has 5 heteroatoms. The standard InChI is InChI=1S/C19H29N3O2/c1-13-8-16-17(9-14(13)2)22(12-20-16)11-15(23)10-21-7-5-6-18(21)19(3,4)24/h8-9,12,15,18,23-24H,5-7,10-11H2,1-4H3. The number of likely N-dealkylation sites (tertiary alicyclic amines) is 1. The number of aromatic nitrogens is 2. The Morgan fingerprint density at radius 3 is 2.67 bits per heavy atom. The van der Waals surface area contributed by atoms with Gasteiger partial charge in [-0.1, -0.05) is 0 Å². The molecule has 1 fully saturated rings. The summed E-state index contributed by atoms with van der Waals surface area (Å²) in [5.74, 6) is 0. The Bertz CT molecular complexity index is 717. The molecular formula is C19H29N3O2. The van der Waals surface area contributed by atoms with Crippen molar-refractivity contribution in [2.24, 2.45) is 0 Å². The average Bonchev–Trinajstić information content (AvgIpc) is 3.07. The lowest BCUT2D eigenvalue weighted by Gasteiger charge is -2.34. The summed E-state index contributed by atoms with van der Waals surface area (Å²) < 4.78 is 2.03. The lowest BCUT2D eigenvalue weighted by molar-refractivity contribution is -0.0173. The van der Waals surface area contributed by atoms with Crippen molar-refractivity contribution >= 4 is 11.0 Å². The van der Waals surface area contributed by atoms with Gasteiger partial charge in [0.05, 0.1) is 35.6 Å². The maximum atomic E-state index is 10.6. The quantitative estimate of drug-likeness (QED) is 0.882. The minimum absolute atomic E-state index is 0.122. The van der Waals surface area contributed by atoms with E-state index in [4.69, 9.17) is 0 Å². The molecule has 0 spiro atoms. The SMILES string of the molecule is Cc1cc2ncn(CC(O)CN3CCCC3C(C)(C)O)c2cc1C. The summed E-state index contributed by atoms with van der Waals surface area (Å²) in [5.41, 5.74) is 3.78. The van der Waals surface area contributed by atoms with Gasteiger partial charge in [-0.25, -0.2) is 4.98 Å². The summed E-state index contributed by atoms with van der Waals surface area (Å²) in [7, 11) is 0. The predicted molar refractivity (Wildman–Crippen MR) is 96.1 cm³/mol. The molecule has 5 nitrogen and oxygen atoms in total. The second-order valence-electron chi connectivity index (χ2n) is 7.78. The molecule has 1 aliphatic heterocycles. The third-order valence-electron chi connectivity index (χ3n) is 5.27. The fraction of sp³-hybridized carbons (Fsp3) is 0.632. The van der Waals surface area contributed by atoms with E-state index in [0.717, 1.165) is 30.4 Å². The summed E-state index contributed by atoms with van der Waals surface area (Å²) >= 11 is 0. The number of rotatable bonds is 5. The summed E-state index contributed by atoms with van der Waals surface area (Å²) in [6, 6.07) is 4.36. The summed E-state index contributed by atoms with van der Waals surface area (Å²) in [4.78, 5) is 6.68. The molecule has 2 unspecified atom stereocenters. The number of benzene rings is 1. The third kappa shape index (κ3) is 3.48. The molecule has 2 N–H and O–H groups in total. The fourth-order valence-corrected chi connectivity index (χ4v) is 3.86. The van der Waals surface area contributed by atoms with E-state index in [2.05, 4.69) is 35.9 Å². The zero-order chi connectivity index (χ0) is 17.5. The van der Waals surface area contributed by atoms with E-state index < -0.39 is 11.7 Å². The van der Waals surface area contributed by atoms with Crippen molar-refractivity contribution < 1.29 is 10.2 Å². The Morgan fingerprint density at radius 1 is 1.25 bits per heavy atom. The smallest absolute Gasteiger partial charge is 0.0959 e. The number of imidazole rings is 1. The van der Waals surface area contributed by atoms with Gasteiger partial charge in [0.1, 0.15) is 0 Å². The molecule has 1 aliphatic rings. The van der Waals surface area contributed by atoms with Gasteiger partial charge in [-0.15, -0.1) is 0 Å². The molecule has 3 rings (SSSR count). The highest BCUT2D eigenvalue weighted by atomic mass is 16.3. The van der Waals surface area contributed by atoms with E-state index in [1.54, 1.807) is 0 Å². The maximum Gasteiger partial charge on any atom is 0.0959 e. The molecule has 0 radical (unpaired) electrons. The number of β-amino-alcohol motifs (C(OH)–C–C–N with tert-alkyl or cyclic N) is 1. The molecule has 2 atom stereocenters. The Morgan fingerprint density at radius 2 is 1.96 bits per heavy atom. The van der Waals surface area contributed by atoms with Crippen LogP contribution in [0, 0.1) is 13.8 Å². The van der Waals surface area contributed by atoms with E-state index in [9.17, 15) is 10.2 Å². The van der Waals surface area contributed by atoms with Crippen molar-refractivity contribution in [1.82, 2.24) is 14.5 Å². The van der Waals surface area contributed by atoms with Crippen molar-refractivity contribution in [3.8, 4) is 0 Å². The van der Waals surface area contributed by atoms with Crippen LogP contribution in [0.4, 0.5) is 0 Å². The first-order valence-electron chi connectivity index (χ1n) is 8.82. The van der Waals surface area contributed by atoms with E-state index >= 15 is 0 Å². The van der Waals surface area contributed by atoms with Crippen molar-refractivity contribution in [2.45, 2.75) is 64.8 Å². The van der Waals surface area contributed by atoms with Crippen LogP contribution in [0.5, 0.6) is 0 Å². The normalized spacial score (nSPS) is 20.8. The molecule has 1 aromatic carbocycles. The number of nitrogens with zero attached hydrogens (tertiary/aromatic N) is 3. The van der Waals surface area contributed by atoms with Gasteiger partial charge in [0.15, 0.2) is 0 Å². The van der Waals surface area contributed by atoms with Gasteiger partial charge in [-0.05, 0) is 70.3 Å². The molecule has 2 aromatic rings. The molecule has 1 saturated heterocycles. The van der Waals surface area contributed by atoms with E-state index in [1.165, 1.54) is 11.1 Å². The zero-order valence-corrected chi connectivity index (χ0v) is 15.2. The third-order valence-corrected chi connectivity index (χ3v) is 5.27. The number of aliphatic hydroxyl groups excluding tert-OH is 1. The molecule has 0 saturated carbocycles. The topological polar surface area (TPSA) is 61.5 Å². The highest BCUT2D eigenvalue weighted by Crippen LogP contribution is 2.27. The van der Waals surface area contributed by atoms with Crippen LogP contribution in [-0.4, -0.2) is 55.5 Å². The van der Waals surface area contributed by atoms with Crippen LogP contribution in [0.2, 0.25) is 0 Å². The Labute approximate surface area is 143 Å². The predicted octanol–water partition coefficient (Wildman–Crippen LogP) is 2.25. The van der Waals surface area contributed by atoms with Gasteiger partial charge in [0.2, 0.25) is 0 Å². The largest absolute Gasteiger partial charge is 0.390 e. The van der Waals surface area contributed by atoms with Crippen LogP contribution in [0.3, 0.4) is 0 Å². The van der Waals surface area contributed by atoms with Crippen LogP contribution in [0.15, 0.2) is 18.5 Å². The van der Waals surface area contributed by atoms with Crippen LogP contribution >= 0.6 is 0 Å². The highest BCUT2D eigenvalue weighted by molar-refractivity contribution is 5.77. The number of hydrogen-bond donors (Lipinski definition) is 2. The van der Waals surface area contributed by atoms with Gasteiger partial charge in [0, 0.05) is 12.6 Å². The first-order chi connectivity index (χ1) is 11.3. The molecule has 2 heterocycles. The molecule has 0 amide bonds. The van der Waals surface area contributed by atoms with Gasteiger partial charge in [-0.2, -0.15) is 0 Å². The second-order valence-corrected chi connectivity index (χ2v) is 7.78. The summed E-state index contributed by atoms with van der Waals surface area (Å²) in [5, 5.41) is 20.9. The lowest BCUT2D eigenvalue weighted by Crippen LogP contribution is -2.48. The maximum absolute atomic E-state index is 10.6. The molecule has 0 bridgehead atoms. The van der Waals surface area contributed by atoms with Gasteiger partial charge >= 0.3 is 0 Å². The van der Waals surface area contributed by atoms with Crippen LogP contribution < -0.4 is 0 Å². The van der Waals surface area contributed by atoms with E-state index in [-0.39, 0.29) is 6.04 Å². The van der Waals surface area contributed by atoms with Gasteiger partial charge in [-0.3, -0.25) is 4.90 Å². The number of aryl methyl sites for hydroxylation is 2. The molecule has 24 heavy (non-hydrogen) atoms. The van der Waals surface area contributed by atoms with Crippen molar-refractivity contribution in [3.05, 3.63) is 29.6 Å². The monoisotopic (exact) mass is 331 g/mol. The van der Waals surface area contributed by atoms with Crippen molar-refractivity contribution in [1.29, 1.82) is 0 Å². The molecule has 1 aromatic heterocycles. The van der Waals surface area contributed by atoms with Crippen LogP contribution in [0.25, 0.3) is 11.0 Å². The molecular weight excluding hydrogens is 302 g/mol. The number of aliphatic hydroxyl groups is 2. The minimum atomic E-state index is -0.730. The van der Waals surface area contributed by atoms with Gasteiger partial charge in [0.25, 0.3) is 0 Å². The van der Waals surface area contributed by atoms with Crippen molar-refractivity contribution in [2.75, 3.05) is 13.1 Å². The Balaban J connectivity index is 1.71. The lowest BCUT2D eigenvalue weighted by atomic mass is 9.96.